The molecular formula is C20H20N2O2. The van der Waals surface area contributed by atoms with Gasteiger partial charge in [0.25, 0.3) is 0 Å². The van der Waals surface area contributed by atoms with Crippen LogP contribution in [-0.2, 0) is 11.2 Å². The topological polar surface area (TPSA) is 54.1 Å². The predicted molar refractivity (Wildman–Crippen MR) is 94.2 cm³/mol. The average Bonchev–Trinajstić information content (AvgIpc) is 2.99. The van der Waals surface area contributed by atoms with E-state index in [4.69, 9.17) is 4.74 Å². The molecule has 0 unspecified atom stereocenters. The van der Waals surface area contributed by atoms with Gasteiger partial charge in [0.15, 0.2) is 0 Å². The number of nitrogens with one attached hydrogen (secondary N) is 2. The molecule has 2 aromatic carbocycles. The van der Waals surface area contributed by atoms with Gasteiger partial charge in [0, 0.05) is 22.6 Å². The number of carbonyl (C=O) groups excluding carboxylic acids is 1. The lowest BCUT2D eigenvalue weighted by Gasteiger charge is -2.29. The van der Waals surface area contributed by atoms with E-state index < -0.39 is 0 Å². The van der Waals surface area contributed by atoms with Gasteiger partial charge < -0.3 is 15.0 Å². The first-order valence-corrected chi connectivity index (χ1v) is 8.21. The number of hydrogen-bond donors (Lipinski definition) is 2. The number of ether oxygens (including phenoxy) is 1. The second-order valence-corrected chi connectivity index (χ2v) is 6.38. The van der Waals surface area contributed by atoms with E-state index in [0.717, 1.165) is 12.0 Å². The van der Waals surface area contributed by atoms with Crippen molar-refractivity contribution < 1.29 is 9.53 Å². The molecule has 1 aliphatic rings. The van der Waals surface area contributed by atoms with Crippen LogP contribution in [-0.4, -0.2) is 24.1 Å². The number of fused-ring (bicyclic) bond motifs is 3. The van der Waals surface area contributed by atoms with Crippen LogP contribution in [0, 0.1) is 0 Å². The molecule has 4 rings (SSSR count). The van der Waals surface area contributed by atoms with Gasteiger partial charge in [0.2, 0.25) is 0 Å². The molecular weight excluding hydrogens is 300 g/mol. The summed E-state index contributed by atoms with van der Waals surface area (Å²) in [5, 5.41) is 4.97. The number of methoxy groups -OCH3 is 1. The van der Waals surface area contributed by atoms with Crippen molar-refractivity contribution in [3.05, 3.63) is 70.9 Å². The normalized spacial score (nSPS) is 19.9. The van der Waals surface area contributed by atoms with Crippen molar-refractivity contribution in [3.63, 3.8) is 0 Å². The molecule has 4 nitrogen and oxygen atoms in total. The first kappa shape index (κ1) is 15.0. The van der Waals surface area contributed by atoms with Crippen LogP contribution in [0.3, 0.4) is 0 Å². The fraction of sp³-hybridized carbons (Fsp3) is 0.250. The largest absolute Gasteiger partial charge is 0.465 e. The molecule has 0 spiro atoms. The molecule has 0 saturated heterocycles. The third-order valence-electron chi connectivity index (χ3n) is 4.76. The minimum atomic E-state index is -0.308. The molecule has 0 aliphatic carbocycles. The molecule has 2 N–H and O–H groups in total. The fourth-order valence-corrected chi connectivity index (χ4v) is 3.61. The van der Waals surface area contributed by atoms with Crippen molar-refractivity contribution >= 4 is 16.9 Å². The summed E-state index contributed by atoms with van der Waals surface area (Å²) in [6.45, 7) is 2.21. The zero-order valence-corrected chi connectivity index (χ0v) is 13.8. The molecule has 122 valence electrons. The second-order valence-electron chi connectivity index (χ2n) is 6.38. The maximum atomic E-state index is 11.6. The molecule has 3 aromatic rings. The summed E-state index contributed by atoms with van der Waals surface area (Å²) in [7, 11) is 1.40. The Balaban J connectivity index is 1.78. The van der Waals surface area contributed by atoms with Crippen LogP contribution in [0.25, 0.3) is 10.9 Å². The minimum absolute atomic E-state index is 0.0999. The van der Waals surface area contributed by atoms with Crippen molar-refractivity contribution in [2.75, 3.05) is 7.11 Å². The molecule has 24 heavy (non-hydrogen) atoms. The molecule has 0 bridgehead atoms. The van der Waals surface area contributed by atoms with Crippen LogP contribution in [0.15, 0.2) is 48.5 Å². The SMILES string of the molecule is COC(=O)c1ccc([C@H]2N[C@@H](C)Cc3c2[nH]c2ccccc32)cc1. The number of aromatic nitrogens is 1. The summed E-state index contributed by atoms with van der Waals surface area (Å²) < 4.78 is 4.77. The van der Waals surface area contributed by atoms with Gasteiger partial charge in [-0.25, -0.2) is 4.79 Å². The van der Waals surface area contributed by atoms with Gasteiger partial charge in [0.1, 0.15) is 0 Å². The van der Waals surface area contributed by atoms with Gasteiger partial charge in [-0.05, 0) is 42.7 Å². The zero-order chi connectivity index (χ0) is 16.7. The monoisotopic (exact) mass is 320 g/mol. The molecule has 1 aliphatic heterocycles. The maximum absolute atomic E-state index is 11.6. The van der Waals surface area contributed by atoms with Crippen LogP contribution in [0.2, 0.25) is 0 Å². The highest BCUT2D eigenvalue weighted by Crippen LogP contribution is 2.35. The number of aromatic amines is 1. The highest BCUT2D eigenvalue weighted by Gasteiger charge is 2.28. The Morgan fingerprint density at radius 1 is 1.12 bits per heavy atom. The minimum Gasteiger partial charge on any atom is -0.465 e. The lowest BCUT2D eigenvalue weighted by molar-refractivity contribution is 0.0600. The Hall–Kier alpha value is -2.59. The van der Waals surface area contributed by atoms with Gasteiger partial charge >= 0.3 is 5.97 Å². The van der Waals surface area contributed by atoms with Crippen molar-refractivity contribution in [3.8, 4) is 0 Å². The maximum Gasteiger partial charge on any atom is 0.337 e. The molecule has 2 atom stereocenters. The van der Waals surface area contributed by atoms with Gasteiger partial charge in [-0.2, -0.15) is 0 Å². The summed E-state index contributed by atoms with van der Waals surface area (Å²) in [4.78, 5) is 15.2. The van der Waals surface area contributed by atoms with E-state index in [0.29, 0.717) is 11.6 Å². The van der Waals surface area contributed by atoms with E-state index in [2.05, 4.69) is 41.5 Å². The number of esters is 1. The van der Waals surface area contributed by atoms with E-state index in [1.807, 2.05) is 24.3 Å². The van der Waals surface area contributed by atoms with Gasteiger partial charge in [0.05, 0.1) is 18.7 Å². The first-order valence-electron chi connectivity index (χ1n) is 8.21. The molecule has 0 amide bonds. The molecule has 0 fully saturated rings. The number of hydrogen-bond acceptors (Lipinski definition) is 3. The van der Waals surface area contributed by atoms with E-state index in [1.165, 1.54) is 29.3 Å². The molecule has 0 saturated carbocycles. The van der Waals surface area contributed by atoms with Crippen molar-refractivity contribution in [2.45, 2.75) is 25.4 Å². The quantitative estimate of drug-likeness (QED) is 0.710. The highest BCUT2D eigenvalue weighted by molar-refractivity contribution is 5.89. The molecule has 0 radical (unpaired) electrons. The van der Waals surface area contributed by atoms with E-state index in [9.17, 15) is 4.79 Å². The lowest BCUT2D eigenvalue weighted by Crippen LogP contribution is -2.37. The Morgan fingerprint density at radius 3 is 2.62 bits per heavy atom. The molecule has 4 heteroatoms. The lowest BCUT2D eigenvalue weighted by atomic mass is 9.90. The highest BCUT2D eigenvalue weighted by atomic mass is 16.5. The van der Waals surface area contributed by atoms with Crippen LogP contribution in [0.4, 0.5) is 0 Å². The standard InChI is InChI=1S/C20H20N2O2/c1-12-11-16-15-5-3-4-6-17(15)22-19(16)18(21-12)13-7-9-14(10-8-13)20(23)24-2/h3-10,12,18,21-22H,11H2,1-2H3/t12-,18+/m0/s1. The van der Waals surface area contributed by atoms with Gasteiger partial charge in [-0.1, -0.05) is 30.3 Å². The Kier molecular flexibility index (Phi) is 3.62. The summed E-state index contributed by atoms with van der Waals surface area (Å²) in [6.07, 6.45) is 1.01. The fourth-order valence-electron chi connectivity index (χ4n) is 3.61. The number of carbonyl (C=O) groups is 1. The van der Waals surface area contributed by atoms with E-state index >= 15 is 0 Å². The predicted octanol–water partition coefficient (Wildman–Crippen LogP) is 3.58. The van der Waals surface area contributed by atoms with E-state index in [-0.39, 0.29) is 12.0 Å². The summed E-state index contributed by atoms with van der Waals surface area (Å²) in [6, 6.07) is 16.6. The van der Waals surface area contributed by atoms with Crippen LogP contribution >= 0.6 is 0 Å². The molecule has 1 aromatic heterocycles. The third kappa shape index (κ3) is 2.39. The number of rotatable bonds is 2. The van der Waals surface area contributed by atoms with Crippen LogP contribution in [0.5, 0.6) is 0 Å². The van der Waals surface area contributed by atoms with Crippen LogP contribution in [0.1, 0.15) is 40.1 Å². The van der Waals surface area contributed by atoms with Gasteiger partial charge in [-0.15, -0.1) is 0 Å². The van der Waals surface area contributed by atoms with Crippen LogP contribution < -0.4 is 5.32 Å². The smallest absolute Gasteiger partial charge is 0.337 e. The van der Waals surface area contributed by atoms with Crippen molar-refractivity contribution in [2.24, 2.45) is 0 Å². The second kappa shape index (κ2) is 5.80. The number of benzene rings is 2. The Labute approximate surface area is 140 Å². The third-order valence-corrected chi connectivity index (χ3v) is 4.76. The zero-order valence-electron chi connectivity index (χ0n) is 13.8. The summed E-state index contributed by atoms with van der Waals surface area (Å²) in [5.74, 6) is -0.308. The summed E-state index contributed by atoms with van der Waals surface area (Å²) in [5.41, 5.74) is 5.50. The number of H-pyrrole nitrogens is 1. The van der Waals surface area contributed by atoms with Crippen molar-refractivity contribution in [1.29, 1.82) is 0 Å². The molecule has 2 heterocycles. The summed E-state index contributed by atoms with van der Waals surface area (Å²) >= 11 is 0. The van der Waals surface area contributed by atoms with Crippen molar-refractivity contribution in [1.82, 2.24) is 10.3 Å². The Bertz CT molecular complexity index is 896. The number of para-hydroxylation sites is 1. The Morgan fingerprint density at radius 2 is 1.88 bits per heavy atom. The van der Waals surface area contributed by atoms with E-state index in [1.54, 1.807) is 0 Å². The first-order chi connectivity index (χ1) is 11.7. The van der Waals surface area contributed by atoms with Gasteiger partial charge in [-0.3, -0.25) is 0 Å². The average molecular weight is 320 g/mol.